The van der Waals surface area contributed by atoms with E-state index >= 15 is 0 Å². The van der Waals surface area contributed by atoms with E-state index in [0.717, 1.165) is 27.7 Å². The first kappa shape index (κ1) is 13.1. The van der Waals surface area contributed by atoms with Crippen LogP contribution in [0.3, 0.4) is 0 Å². The number of benzene rings is 1. The van der Waals surface area contributed by atoms with Crippen LogP contribution in [0.1, 0.15) is 39.0 Å². The van der Waals surface area contributed by atoms with Gasteiger partial charge in [-0.1, -0.05) is 24.9 Å². The topological polar surface area (TPSA) is 37.8 Å². The molecule has 0 spiro atoms. The number of hydrogen-bond donors (Lipinski definition) is 1. The molecule has 1 aliphatic carbocycles. The maximum absolute atomic E-state index is 6.31. The molecule has 0 unspecified atom stereocenters. The van der Waals surface area contributed by atoms with Crippen LogP contribution in [0.4, 0.5) is 5.69 Å². The van der Waals surface area contributed by atoms with Gasteiger partial charge in [0.15, 0.2) is 0 Å². The lowest BCUT2D eigenvalue weighted by Gasteiger charge is -2.29. The van der Waals surface area contributed by atoms with Gasteiger partial charge in [0.2, 0.25) is 0 Å². The molecule has 0 amide bonds. The Morgan fingerprint density at radius 2 is 2.05 bits per heavy atom. The summed E-state index contributed by atoms with van der Waals surface area (Å²) in [6, 6.07) is 4.36. The summed E-state index contributed by atoms with van der Waals surface area (Å²) in [6.45, 7) is 2.29. The summed E-state index contributed by atoms with van der Waals surface area (Å²) in [5, 5.41) is 4.34. The van der Waals surface area contributed by atoms with Gasteiger partial charge in [0.05, 0.1) is 22.4 Å². The molecule has 19 heavy (non-hydrogen) atoms. The summed E-state index contributed by atoms with van der Waals surface area (Å²) in [5.41, 5.74) is 2.81. The van der Waals surface area contributed by atoms with Crippen molar-refractivity contribution in [3.8, 4) is 0 Å². The van der Waals surface area contributed by atoms with Gasteiger partial charge in [0.25, 0.3) is 0 Å². The van der Waals surface area contributed by atoms with Crippen LogP contribution in [-0.4, -0.2) is 14.8 Å². The van der Waals surface area contributed by atoms with Crippen LogP contribution in [0, 0.1) is 5.92 Å². The van der Waals surface area contributed by atoms with Crippen molar-refractivity contribution in [2.45, 2.75) is 45.1 Å². The van der Waals surface area contributed by atoms with Crippen LogP contribution in [0.2, 0.25) is 5.02 Å². The Morgan fingerprint density at radius 3 is 2.79 bits per heavy atom. The number of halogens is 1. The van der Waals surface area contributed by atoms with Crippen LogP contribution in [0.25, 0.3) is 11.0 Å². The minimum absolute atomic E-state index is 0.521. The monoisotopic (exact) mass is 295 g/mol. The zero-order chi connectivity index (χ0) is 13.2. The van der Waals surface area contributed by atoms with Gasteiger partial charge >= 0.3 is 0 Å². The van der Waals surface area contributed by atoms with Crippen LogP contribution in [-0.2, 0) is 0 Å². The second-order valence-electron chi connectivity index (χ2n) is 5.32. The maximum atomic E-state index is 6.31. The fraction of sp³-hybridized carbons (Fsp3) is 0.571. The summed E-state index contributed by atoms with van der Waals surface area (Å²) >= 11 is 7.55. The van der Waals surface area contributed by atoms with Crippen LogP contribution < -0.4 is 5.32 Å². The second kappa shape index (κ2) is 5.63. The Hall–Kier alpha value is -0.870. The van der Waals surface area contributed by atoms with Crippen molar-refractivity contribution in [1.82, 2.24) is 8.75 Å². The summed E-state index contributed by atoms with van der Waals surface area (Å²) in [7, 11) is 0. The molecule has 1 aromatic heterocycles. The third kappa shape index (κ3) is 2.70. The average Bonchev–Trinajstić information content (AvgIpc) is 2.91. The number of nitrogens with zero attached hydrogens (tertiary/aromatic N) is 2. The molecule has 1 aliphatic rings. The highest BCUT2D eigenvalue weighted by atomic mass is 35.5. The first-order chi connectivity index (χ1) is 9.28. The van der Waals surface area contributed by atoms with Crippen molar-refractivity contribution in [2.24, 2.45) is 5.92 Å². The fourth-order valence-corrected chi connectivity index (χ4v) is 3.63. The fourth-order valence-electron chi connectivity index (χ4n) is 2.88. The Balaban J connectivity index is 1.78. The molecule has 0 saturated heterocycles. The number of rotatable bonds is 3. The molecule has 0 radical (unpaired) electrons. The van der Waals surface area contributed by atoms with Crippen LogP contribution >= 0.6 is 23.3 Å². The Morgan fingerprint density at radius 1 is 1.26 bits per heavy atom. The highest BCUT2D eigenvalue weighted by Crippen LogP contribution is 2.34. The van der Waals surface area contributed by atoms with Gasteiger partial charge in [-0.05, 0) is 43.7 Å². The molecule has 3 rings (SSSR count). The number of anilines is 1. The number of fused-ring (bicyclic) bond motifs is 1. The molecule has 5 heteroatoms. The molecule has 1 saturated carbocycles. The van der Waals surface area contributed by atoms with E-state index in [-0.39, 0.29) is 0 Å². The first-order valence-electron chi connectivity index (χ1n) is 6.95. The molecule has 102 valence electrons. The molecule has 1 heterocycles. The maximum Gasteiger partial charge on any atom is 0.129 e. The number of aromatic nitrogens is 2. The summed E-state index contributed by atoms with van der Waals surface area (Å²) in [5.74, 6) is 0.908. The van der Waals surface area contributed by atoms with E-state index in [4.69, 9.17) is 11.6 Å². The lowest BCUT2D eigenvalue weighted by molar-refractivity contribution is 0.330. The molecule has 2 aromatic rings. The smallest absolute Gasteiger partial charge is 0.129 e. The van der Waals surface area contributed by atoms with Gasteiger partial charge in [-0.25, -0.2) is 0 Å². The van der Waals surface area contributed by atoms with E-state index in [1.54, 1.807) is 0 Å². The third-order valence-electron chi connectivity index (χ3n) is 4.15. The van der Waals surface area contributed by atoms with Crippen molar-refractivity contribution in [3.05, 3.63) is 17.2 Å². The molecule has 1 N–H and O–H groups in total. The van der Waals surface area contributed by atoms with Crippen LogP contribution in [0.15, 0.2) is 12.1 Å². The predicted octanol–water partition coefficient (Wildman–Crippen LogP) is 4.73. The second-order valence-corrected chi connectivity index (χ2v) is 6.26. The van der Waals surface area contributed by atoms with E-state index < -0.39 is 0 Å². The highest BCUT2D eigenvalue weighted by Gasteiger charge is 2.21. The van der Waals surface area contributed by atoms with Gasteiger partial charge in [-0.2, -0.15) is 8.75 Å². The molecule has 1 fully saturated rings. The molecule has 0 bridgehead atoms. The lowest BCUT2D eigenvalue weighted by atomic mass is 9.84. The van der Waals surface area contributed by atoms with Crippen molar-refractivity contribution in [1.29, 1.82) is 0 Å². The molecule has 0 atom stereocenters. The van der Waals surface area contributed by atoms with E-state index in [9.17, 15) is 0 Å². The standard InChI is InChI=1S/C14H18ClN3S/c1-2-9-3-5-10(6-4-9)16-13-11(15)7-8-12-14(13)18-19-17-12/h7-10,16H,2-6H2,1H3. The lowest BCUT2D eigenvalue weighted by Crippen LogP contribution is -2.26. The Kier molecular flexibility index (Phi) is 3.89. The third-order valence-corrected chi connectivity index (χ3v) is 5.01. The molecular formula is C14H18ClN3S. The zero-order valence-corrected chi connectivity index (χ0v) is 12.6. The average molecular weight is 296 g/mol. The highest BCUT2D eigenvalue weighted by molar-refractivity contribution is 7.00. The van der Waals surface area contributed by atoms with E-state index in [0.29, 0.717) is 6.04 Å². The Labute approximate surface area is 122 Å². The molecule has 1 aromatic carbocycles. The van der Waals surface area contributed by atoms with Gasteiger partial charge < -0.3 is 5.32 Å². The minimum Gasteiger partial charge on any atom is -0.379 e. The number of hydrogen-bond acceptors (Lipinski definition) is 4. The van der Waals surface area contributed by atoms with Gasteiger partial charge in [0.1, 0.15) is 11.0 Å². The zero-order valence-electron chi connectivity index (χ0n) is 11.0. The van der Waals surface area contributed by atoms with Crippen molar-refractivity contribution in [2.75, 3.05) is 5.32 Å². The minimum atomic E-state index is 0.521. The predicted molar refractivity (Wildman–Crippen MR) is 82.1 cm³/mol. The largest absolute Gasteiger partial charge is 0.379 e. The summed E-state index contributed by atoms with van der Waals surface area (Å²) in [4.78, 5) is 0. The SMILES string of the molecule is CCC1CCC(Nc2c(Cl)ccc3nsnc23)CC1. The van der Waals surface area contributed by atoms with Crippen molar-refractivity contribution >= 4 is 40.0 Å². The van der Waals surface area contributed by atoms with E-state index in [2.05, 4.69) is 21.0 Å². The molecule has 0 aliphatic heterocycles. The molecular weight excluding hydrogens is 278 g/mol. The van der Waals surface area contributed by atoms with Gasteiger partial charge in [-0.3, -0.25) is 0 Å². The van der Waals surface area contributed by atoms with E-state index in [1.165, 1.54) is 43.8 Å². The quantitative estimate of drug-likeness (QED) is 0.890. The normalized spacial score (nSPS) is 23.7. The Bertz CT molecular complexity index is 561. The van der Waals surface area contributed by atoms with E-state index in [1.807, 2.05) is 12.1 Å². The summed E-state index contributed by atoms with van der Waals surface area (Å²) in [6.07, 6.45) is 6.39. The van der Waals surface area contributed by atoms with Crippen molar-refractivity contribution < 1.29 is 0 Å². The number of nitrogens with one attached hydrogen (secondary N) is 1. The van der Waals surface area contributed by atoms with Crippen LogP contribution in [0.5, 0.6) is 0 Å². The van der Waals surface area contributed by atoms with Gasteiger partial charge in [0, 0.05) is 6.04 Å². The summed E-state index contributed by atoms with van der Waals surface area (Å²) < 4.78 is 8.63. The first-order valence-corrected chi connectivity index (χ1v) is 8.06. The van der Waals surface area contributed by atoms with Crippen molar-refractivity contribution in [3.63, 3.8) is 0 Å². The molecule has 3 nitrogen and oxygen atoms in total. The van der Waals surface area contributed by atoms with Gasteiger partial charge in [-0.15, -0.1) is 0 Å².